The average Bonchev–Trinajstić information content (AvgIpc) is 2.94. The topological polar surface area (TPSA) is 90.0 Å². The van der Waals surface area contributed by atoms with E-state index in [1.807, 2.05) is 12.1 Å². The number of piperazine rings is 1. The Kier molecular flexibility index (Phi) is 6.68. The predicted octanol–water partition coefficient (Wildman–Crippen LogP) is 4.40. The van der Waals surface area contributed by atoms with Gasteiger partial charge in [-0.15, -0.1) is 0 Å². The van der Waals surface area contributed by atoms with Crippen molar-refractivity contribution in [3.8, 4) is 11.3 Å². The molecule has 0 spiro atoms. The lowest BCUT2D eigenvalue weighted by molar-refractivity contribution is 0.0878. The van der Waals surface area contributed by atoms with E-state index >= 15 is 0 Å². The summed E-state index contributed by atoms with van der Waals surface area (Å²) in [5, 5.41) is 4.75. The van der Waals surface area contributed by atoms with Gasteiger partial charge < -0.3 is 15.2 Å². The minimum absolute atomic E-state index is 0.169. The van der Waals surface area contributed by atoms with Crippen molar-refractivity contribution in [2.24, 2.45) is 0 Å². The number of nitrogens with one attached hydrogen (secondary N) is 2. The molecule has 1 saturated carbocycles. The van der Waals surface area contributed by atoms with Crippen molar-refractivity contribution in [3.05, 3.63) is 77.2 Å². The Morgan fingerprint density at radius 2 is 1.68 bits per heavy atom. The number of anilines is 2. The number of H-pyrrole nitrogens is 1. The molecule has 8 heteroatoms. The lowest BCUT2D eigenvalue weighted by Gasteiger charge is -2.41. The SMILES string of the molecule is CN1CCN(C2CCC(c3ccc(Nc4nc(-c5cncnc5)cc5cc[nH]c(=O)c45)cc3)CC2)CC1. The number of rotatable bonds is 5. The van der Waals surface area contributed by atoms with Crippen LogP contribution in [0.3, 0.4) is 0 Å². The predicted molar refractivity (Wildman–Crippen MR) is 147 cm³/mol. The molecule has 0 bridgehead atoms. The molecule has 1 saturated heterocycles. The number of nitrogens with zero attached hydrogens (tertiary/aromatic N) is 5. The molecule has 190 valence electrons. The molecular formula is C29H33N7O. The number of hydrogen-bond donors (Lipinski definition) is 2. The maximum atomic E-state index is 12.7. The highest BCUT2D eigenvalue weighted by atomic mass is 16.1. The Labute approximate surface area is 216 Å². The van der Waals surface area contributed by atoms with Gasteiger partial charge in [0, 0.05) is 62.1 Å². The molecule has 4 aromatic rings. The van der Waals surface area contributed by atoms with Crippen LogP contribution in [0, 0.1) is 0 Å². The summed E-state index contributed by atoms with van der Waals surface area (Å²) in [6, 6.07) is 13.2. The zero-order valence-corrected chi connectivity index (χ0v) is 21.2. The second kappa shape index (κ2) is 10.4. The lowest BCUT2D eigenvalue weighted by atomic mass is 9.81. The van der Waals surface area contributed by atoms with E-state index in [0.717, 1.165) is 28.4 Å². The number of likely N-dealkylation sites (N-methyl/N-ethyl adjacent to an activating group) is 1. The summed E-state index contributed by atoms with van der Waals surface area (Å²) in [4.78, 5) is 33.6. The van der Waals surface area contributed by atoms with Crippen LogP contribution in [-0.2, 0) is 0 Å². The van der Waals surface area contributed by atoms with E-state index in [9.17, 15) is 4.79 Å². The molecule has 1 aliphatic carbocycles. The molecule has 2 aliphatic rings. The van der Waals surface area contributed by atoms with Crippen molar-refractivity contribution in [1.82, 2.24) is 29.7 Å². The zero-order chi connectivity index (χ0) is 25.2. The van der Waals surface area contributed by atoms with Gasteiger partial charge in [0.2, 0.25) is 0 Å². The highest BCUT2D eigenvalue weighted by molar-refractivity contribution is 5.95. The fourth-order valence-corrected chi connectivity index (χ4v) is 5.82. The summed E-state index contributed by atoms with van der Waals surface area (Å²) in [7, 11) is 2.22. The summed E-state index contributed by atoms with van der Waals surface area (Å²) in [5.74, 6) is 1.14. The summed E-state index contributed by atoms with van der Waals surface area (Å²) in [6.45, 7) is 4.78. The Bertz CT molecular complexity index is 1400. The number of hydrogen-bond acceptors (Lipinski definition) is 7. The maximum absolute atomic E-state index is 12.7. The third-order valence-electron chi connectivity index (χ3n) is 8.01. The minimum Gasteiger partial charge on any atom is -0.340 e. The smallest absolute Gasteiger partial charge is 0.259 e. The van der Waals surface area contributed by atoms with Crippen LogP contribution in [0.1, 0.15) is 37.2 Å². The van der Waals surface area contributed by atoms with Gasteiger partial charge in [0.05, 0.1) is 11.1 Å². The number of aromatic amines is 1. The van der Waals surface area contributed by atoms with Crippen LogP contribution in [0.25, 0.3) is 22.0 Å². The molecule has 0 radical (unpaired) electrons. The standard InChI is InChI=1S/C29H33N7O/c1-35-12-14-36(15-13-35)25-8-4-21(5-9-25)20-2-6-24(7-3-20)33-28-27-22(10-11-32-29(27)37)16-26(34-28)23-17-30-19-31-18-23/h2-3,6-7,10-11,16-19,21,25H,4-5,8-9,12-15H2,1H3,(H,32,37)(H,33,34). The number of pyridine rings is 2. The molecule has 4 heterocycles. The van der Waals surface area contributed by atoms with Crippen LogP contribution in [-0.4, -0.2) is 69.0 Å². The van der Waals surface area contributed by atoms with Gasteiger partial charge in [-0.2, -0.15) is 0 Å². The minimum atomic E-state index is -0.169. The molecule has 6 rings (SSSR count). The first kappa shape index (κ1) is 23.8. The number of benzene rings is 1. The van der Waals surface area contributed by atoms with E-state index in [1.54, 1.807) is 18.6 Å². The Morgan fingerprint density at radius 1 is 0.946 bits per heavy atom. The first-order chi connectivity index (χ1) is 18.1. The van der Waals surface area contributed by atoms with Crippen molar-refractivity contribution in [3.63, 3.8) is 0 Å². The van der Waals surface area contributed by atoms with Gasteiger partial charge in [0.1, 0.15) is 12.1 Å². The normalized spacial score (nSPS) is 21.2. The zero-order valence-electron chi connectivity index (χ0n) is 21.2. The van der Waals surface area contributed by atoms with Gasteiger partial charge in [0.15, 0.2) is 0 Å². The van der Waals surface area contributed by atoms with E-state index in [2.05, 4.69) is 61.4 Å². The van der Waals surface area contributed by atoms with Gasteiger partial charge in [-0.1, -0.05) is 12.1 Å². The molecule has 0 unspecified atom stereocenters. The Morgan fingerprint density at radius 3 is 2.41 bits per heavy atom. The third kappa shape index (κ3) is 5.12. The second-order valence-corrected chi connectivity index (χ2v) is 10.3. The fraction of sp³-hybridized carbons (Fsp3) is 0.379. The molecule has 2 fully saturated rings. The van der Waals surface area contributed by atoms with Crippen LogP contribution in [0.15, 0.2) is 66.1 Å². The van der Waals surface area contributed by atoms with Crippen LogP contribution in [0.2, 0.25) is 0 Å². The molecular weight excluding hydrogens is 462 g/mol. The summed E-state index contributed by atoms with van der Waals surface area (Å²) >= 11 is 0. The molecule has 8 nitrogen and oxygen atoms in total. The molecule has 2 N–H and O–H groups in total. The van der Waals surface area contributed by atoms with Crippen molar-refractivity contribution >= 4 is 22.3 Å². The lowest BCUT2D eigenvalue weighted by Crippen LogP contribution is -2.49. The summed E-state index contributed by atoms with van der Waals surface area (Å²) < 4.78 is 0. The van der Waals surface area contributed by atoms with Crippen molar-refractivity contribution in [2.45, 2.75) is 37.6 Å². The summed E-state index contributed by atoms with van der Waals surface area (Å²) in [5.41, 5.74) is 3.66. The first-order valence-electron chi connectivity index (χ1n) is 13.2. The van der Waals surface area contributed by atoms with Gasteiger partial charge >= 0.3 is 0 Å². The van der Waals surface area contributed by atoms with Crippen LogP contribution in [0.4, 0.5) is 11.5 Å². The molecule has 0 amide bonds. The highest BCUT2D eigenvalue weighted by Gasteiger charge is 2.28. The largest absolute Gasteiger partial charge is 0.340 e. The Balaban J connectivity index is 1.18. The van der Waals surface area contributed by atoms with Gasteiger partial charge in [-0.05, 0) is 73.9 Å². The van der Waals surface area contributed by atoms with Gasteiger partial charge in [-0.25, -0.2) is 15.0 Å². The van der Waals surface area contributed by atoms with Crippen LogP contribution >= 0.6 is 0 Å². The number of fused-ring (bicyclic) bond motifs is 1. The van der Waals surface area contributed by atoms with Crippen molar-refractivity contribution in [1.29, 1.82) is 0 Å². The van der Waals surface area contributed by atoms with E-state index in [0.29, 0.717) is 17.1 Å². The first-order valence-corrected chi connectivity index (χ1v) is 13.2. The second-order valence-electron chi connectivity index (χ2n) is 10.3. The molecule has 1 aromatic carbocycles. The molecule has 1 aliphatic heterocycles. The van der Waals surface area contributed by atoms with E-state index in [-0.39, 0.29) is 5.56 Å². The van der Waals surface area contributed by atoms with Gasteiger partial charge in [0.25, 0.3) is 5.56 Å². The fourth-order valence-electron chi connectivity index (χ4n) is 5.82. The van der Waals surface area contributed by atoms with E-state index in [1.165, 1.54) is 63.8 Å². The maximum Gasteiger partial charge on any atom is 0.259 e. The monoisotopic (exact) mass is 495 g/mol. The van der Waals surface area contributed by atoms with Crippen molar-refractivity contribution < 1.29 is 0 Å². The number of aromatic nitrogens is 4. The highest BCUT2D eigenvalue weighted by Crippen LogP contribution is 2.36. The molecule has 37 heavy (non-hydrogen) atoms. The van der Waals surface area contributed by atoms with Crippen LogP contribution in [0.5, 0.6) is 0 Å². The van der Waals surface area contributed by atoms with Crippen molar-refractivity contribution in [2.75, 3.05) is 38.5 Å². The average molecular weight is 496 g/mol. The van der Waals surface area contributed by atoms with E-state index in [4.69, 9.17) is 4.98 Å². The van der Waals surface area contributed by atoms with Gasteiger partial charge in [-0.3, -0.25) is 9.69 Å². The molecule has 3 aromatic heterocycles. The molecule has 0 atom stereocenters. The quantitative estimate of drug-likeness (QED) is 0.424. The Hall–Kier alpha value is -3.62. The summed E-state index contributed by atoms with van der Waals surface area (Å²) in [6.07, 6.45) is 11.7. The van der Waals surface area contributed by atoms with Crippen LogP contribution < -0.4 is 10.9 Å². The third-order valence-corrected chi connectivity index (χ3v) is 8.01. The van der Waals surface area contributed by atoms with E-state index < -0.39 is 0 Å².